The van der Waals surface area contributed by atoms with Gasteiger partial charge in [-0.2, -0.15) is 5.10 Å². The molecule has 5 rings (SSSR count). The average molecular weight is 502 g/mol. The lowest BCUT2D eigenvalue weighted by Crippen LogP contribution is -2.22. The predicted molar refractivity (Wildman–Crippen MR) is 147 cm³/mol. The first kappa shape index (κ1) is 26.2. The van der Waals surface area contributed by atoms with Crippen LogP contribution in [0.2, 0.25) is 0 Å². The van der Waals surface area contributed by atoms with Crippen molar-refractivity contribution in [1.29, 1.82) is 0 Å². The number of carbonyl (C=O) groups excluding carboxylic acids is 1. The molecule has 4 aromatic rings. The van der Waals surface area contributed by atoms with Gasteiger partial charge in [0.1, 0.15) is 0 Å². The number of aliphatic hydroxyl groups is 1. The van der Waals surface area contributed by atoms with Crippen molar-refractivity contribution in [1.82, 2.24) is 19.7 Å². The number of aromatic nitrogens is 4. The molecule has 2 aromatic carbocycles. The third-order valence-corrected chi connectivity index (χ3v) is 6.60. The second-order valence-corrected chi connectivity index (χ2v) is 9.39. The number of nitrogens with two attached hydrogens (primary N) is 2. The Labute approximate surface area is 216 Å². The van der Waals surface area contributed by atoms with Gasteiger partial charge in [-0.3, -0.25) is 9.48 Å². The maximum Gasteiger partial charge on any atom is 0.259 e. The third-order valence-electron chi connectivity index (χ3n) is 6.60. The second-order valence-electron chi connectivity index (χ2n) is 9.39. The summed E-state index contributed by atoms with van der Waals surface area (Å²) in [5.74, 6) is 0.0640. The molecule has 9 heteroatoms. The number of aryl methyl sites for hydroxylation is 2. The number of carbonyl (C=O) groups is 1. The van der Waals surface area contributed by atoms with Crippen LogP contribution in [0.15, 0.2) is 54.7 Å². The highest BCUT2D eigenvalue weighted by molar-refractivity contribution is 5.94. The minimum Gasteiger partial charge on any atom is -0.378 e. The molecule has 0 bridgehead atoms. The van der Waals surface area contributed by atoms with Crippen molar-refractivity contribution < 1.29 is 9.90 Å². The average Bonchev–Trinajstić information content (AvgIpc) is 3.28. The van der Waals surface area contributed by atoms with Crippen molar-refractivity contribution >= 4 is 28.6 Å². The number of nitrogen functional groups attached to an aromatic ring is 1. The lowest BCUT2D eigenvalue weighted by molar-refractivity contribution is -0.124. The highest BCUT2D eigenvalue weighted by Crippen LogP contribution is 2.29. The fourth-order valence-corrected chi connectivity index (χ4v) is 4.56. The van der Waals surface area contributed by atoms with Gasteiger partial charge in [-0.25, -0.2) is 9.97 Å². The zero-order valence-electron chi connectivity index (χ0n) is 21.4. The topological polar surface area (TPSA) is 145 Å². The van der Waals surface area contributed by atoms with Crippen molar-refractivity contribution in [3.05, 3.63) is 65.9 Å². The maximum absolute atomic E-state index is 12.4. The van der Waals surface area contributed by atoms with E-state index in [2.05, 4.69) is 27.3 Å². The summed E-state index contributed by atoms with van der Waals surface area (Å²) in [7, 11) is 1.80. The number of nitrogens with one attached hydrogen (secondary N) is 1. The van der Waals surface area contributed by atoms with E-state index in [0.29, 0.717) is 17.4 Å². The van der Waals surface area contributed by atoms with E-state index in [9.17, 15) is 9.90 Å². The van der Waals surface area contributed by atoms with E-state index in [0.717, 1.165) is 34.1 Å². The van der Waals surface area contributed by atoms with Crippen molar-refractivity contribution in [3.63, 3.8) is 0 Å². The van der Waals surface area contributed by atoms with Gasteiger partial charge < -0.3 is 21.9 Å². The van der Waals surface area contributed by atoms with E-state index >= 15 is 0 Å². The smallest absolute Gasteiger partial charge is 0.259 e. The van der Waals surface area contributed by atoms with Crippen LogP contribution >= 0.6 is 0 Å². The van der Waals surface area contributed by atoms with Gasteiger partial charge in [0, 0.05) is 36.3 Å². The number of hydrogen-bond donors (Lipinski definition) is 4. The van der Waals surface area contributed by atoms with Crippen LogP contribution in [-0.4, -0.2) is 36.8 Å². The van der Waals surface area contributed by atoms with E-state index < -0.39 is 12.0 Å². The fourth-order valence-electron chi connectivity index (χ4n) is 4.56. The molecule has 9 nitrogen and oxygen atoms in total. The highest BCUT2D eigenvalue weighted by atomic mass is 16.3. The molecule has 37 heavy (non-hydrogen) atoms. The van der Waals surface area contributed by atoms with Gasteiger partial charge in [0.15, 0.2) is 11.9 Å². The molecular weight excluding hydrogens is 466 g/mol. The van der Waals surface area contributed by atoms with E-state index in [4.69, 9.17) is 11.5 Å². The zero-order valence-corrected chi connectivity index (χ0v) is 21.4. The number of nitrogens with zero attached hydrogens (tertiary/aromatic N) is 4. The maximum atomic E-state index is 12.4. The van der Waals surface area contributed by atoms with Gasteiger partial charge in [-0.05, 0) is 42.5 Å². The SMILES string of the molecule is CCc1cc(-c2cc(NC(=O)C(O)c3ccccc3)nn2C)cc2cnc(N)nc12.NC1CCCCC1. The van der Waals surface area contributed by atoms with Crippen LogP contribution in [0.25, 0.3) is 22.2 Å². The van der Waals surface area contributed by atoms with E-state index in [1.54, 1.807) is 48.3 Å². The van der Waals surface area contributed by atoms with Crippen LogP contribution in [-0.2, 0) is 18.3 Å². The number of fused-ring (bicyclic) bond motifs is 1. The van der Waals surface area contributed by atoms with Crippen LogP contribution in [0.5, 0.6) is 0 Å². The largest absolute Gasteiger partial charge is 0.378 e. The number of amides is 1. The lowest BCUT2D eigenvalue weighted by atomic mass is 9.97. The fraction of sp³-hybridized carbons (Fsp3) is 0.357. The van der Waals surface area contributed by atoms with Gasteiger partial charge in [0.05, 0.1) is 11.2 Å². The number of benzene rings is 2. The molecule has 1 unspecified atom stereocenters. The normalized spacial score (nSPS) is 14.6. The molecule has 2 aromatic heterocycles. The minimum absolute atomic E-state index is 0.243. The minimum atomic E-state index is -1.27. The molecule has 1 aliphatic carbocycles. The summed E-state index contributed by atoms with van der Waals surface area (Å²) in [6, 6.07) is 15.1. The Morgan fingerprint density at radius 2 is 1.89 bits per heavy atom. The molecule has 0 saturated heterocycles. The molecule has 0 spiro atoms. The molecule has 0 aliphatic heterocycles. The van der Waals surface area contributed by atoms with E-state index in [-0.39, 0.29) is 5.95 Å². The van der Waals surface area contributed by atoms with Crippen LogP contribution in [0.4, 0.5) is 11.8 Å². The quantitative estimate of drug-likeness (QED) is 0.322. The van der Waals surface area contributed by atoms with E-state index in [1.165, 1.54) is 32.1 Å². The second kappa shape index (κ2) is 11.9. The molecule has 0 radical (unpaired) electrons. The van der Waals surface area contributed by atoms with Gasteiger partial charge in [-0.1, -0.05) is 56.5 Å². The zero-order chi connectivity index (χ0) is 26.4. The predicted octanol–water partition coefficient (Wildman–Crippen LogP) is 4.12. The first-order valence-electron chi connectivity index (χ1n) is 12.7. The van der Waals surface area contributed by atoms with Crippen molar-refractivity contribution in [2.45, 2.75) is 57.6 Å². The summed E-state index contributed by atoms with van der Waals surface area (Å²) in [5.41, 5.74) is 15.5. The Morgan fingerprint density at radius 3 is 2.54 bits per heavy atom. The van der Waals surface area contributed by atoms with Crippen LogP contribution < -0.4 is 16.8 Å². The summed E-state index contributed by atoms with van der Waals surface area (Å²) in [6.07, 6.45) is 7.88. The number of hydrogen-bond acceptors (Lipinski definition) is 7. The first-order valence-corrected chi connectivity index (χ1v) is 12.7. The first-order chi connectivity index (χ1) is 17.9. The van der Waals surface area contributed by atoms with Crippen LogP contribution in [0.3, 0.4) is 0 Å². The summed E-state index contributed by atoms with van der Waals surface area (Å²) in [5, 5.41) is 18.2. The standard InChI is InChI=1S/C22H22N6O2.C6H13N/c1-3-13-9-15(10-16-12-24-22(23)26-19(13)16)17-11-18(27-28(17)2)25-21(30)20(29)14-7-5-4-6-8-14;7-6-4-2-1-3-5-6/h4-12,20,29H,3H2,1-2H3,(H2,23,24,26)(H,25,27,30);6H,1-5,7H2. The summed E-state index contributed by atoms with van der Waals surface area (Å²) >= 11 is 0. The Morgan fingerprint density at radius 1 is 1.16 bits per heavy atom. The third kappa shape index (κ3) is 6.49. The highest BCUT2D eigenvalue weighted by Gasteiger charge is 2.19. The van der Waals surface area contributed by atoms with Gasteiger partial charge in [0.25, 0.3) is 5.91 Å². The summed E-state index contributed by atoms with van der Waals surface area (Å²) < 4.78 is 1.68. The summed E-state index contributed by atoms with van der Waals surface area (Å²) in [4.78, 5) is 20.9. The molecule has 1 amide bonds. The lowest BCUT2D eigenvalue weighted by Gasteiger charge is -2.15. The Kier molecular flexibility index (Phi) is 8.47. The van der Waals surface area contributed by atoms with Gasteiger partial charge in [-0.15, -0.1) is 0 Å². The Bertz CT molecular complexity index is 1350. The van der Waals surface area contributed by atoms with Crippen molar-refractivity contribution in [2.24, 2.45) is 12.8 Å². The monoisotopic (exact) mass is 501 g/mol. The number of rotatable bonds is 5. The number of aliphatic hydroxyl groups excluding tert-OH is 1. The summed E-state index contributed by atoms with van der Waals surface area (Å²) in [6.45, 7) is 2.05. The molecule has 1 fully saturated rings. The molecule has 1 aliphatic rings. The van der Waals surface area contributed by atoms with Gasteiger partial charge in [0.2, 0.25) is 5.95 Å². The van der Waals surface area contributed by atoms with Gasteiger partial charge >= 0.3 is 0 Å². The van der Waals surface area contributed by atoms with E-state index in [1.807, 2.05) is 18.2 Å². The Balaban J connectivity index is 0.000000396. The molecule has 1 saturated carbocycles. The number of anilines is 2. The van der Waals surface area contributed by atoms with Crippen molar-refractivity contribution in [3.8, 4) is 11.3 Å². The molecule has 194 valence electrons. The molecular formula is C28H35N7O2. The van der Waals surface area contributed by atoms with Crippen LogP contribution in [0.1, 0.15) is 56.3 Å². The van der Waals surface area contributed by atoms with Crippen LogP contribution in [0, 0.1) is 0 Å². The molecule has 1 atom stereocenters. The molecule has 6 N–H and O–H groups in total. The Hall–Kier alpha value is -3.82. The van der Waals surface area contributed by atoms with Crippen molar-refractivity contribution in [2.75, 3.05) is 11.1 Å². The molecule has 2 heterocycles.